The molecule has 3 aromatic carbocycles. The number of hydrogen-bond acceptors (Lipinski definition) is 2. The van der Waals surface area contributed by atoms with Crippen LogP contribution in [0.15, 0.2) is 72.8 Å². The van der Waals surface area contributed by atoms with Crippen molar-refractivity contribution < 1.29 is 9.18 Å². The Labute approximate surface area is 194 Å². The van der Waals surface area contributed by atoms with Crippen LogP contribution in [0.25, 0.3) is 16.9 Å². The van der Waals surface area contributed by atoms with E-state index in [1.807, 2.05) is 61.9 Å². The van der Waals surface area contributed by atoms with E-state index in [4.69, 9.17) is 5.10 Å². The Balaban J connectivity index is 1.50. The normalized spacial score (nSPS) is 10.9. The molecular weight excluding hydrogens is 413 g/mol. The maximum Gasteiger partial charge on any atom is 0.220 e. The van der Waals surface area contributed by atoms with Gasteiger partial charge in [-0.25, -0.2) is 9.07 Å². The maximum atomic E-state index is 13.9. The van der Waals surface area contributed by atoms with Crippen LogP contribution in [0, 0.1) is 26.6 Å². The van der Waals surface area contributed by atoms with Gasteiger partial charge < -0.3 is 5.32 Å². The molecule has 4 rings (SSSR count). The number of aryl methyl sites for hydroxylation is 4. The molecule has 1 heterocycles. The zero-order valence-electron chi connectivity index (χ0n) is 19.2. The van der Waals surface area contributed by atoms with Gasteiger partial charge in [-0.3, -0.25) is 4.79 Å². The summed E-state index contributed by atoms with van der Waals surface area (Å²) in [5.41, 5.74) is 7.84. The lowest BCUT2D eigenvalue weighted by Gasteiger charge is -2.09. The van der Waals surface area contributed by atoms with Gasteiger partial charge >= 0.3 is 0 Å². The number of carbonyl (C=O) groups excluding carboxylic acids is 1. The van der Waals surface area contributed by atoms with Crippen molar-refractivity contribution in [3.05, 3.63) is 107 Å². The zero-order valence-corrected chi connectivity index (χ0v) is 19.2. The monoisotopic (exact) mass is 441 g/mol. The minimum atomic E-state index is -0.295. The third kappa shape index (κ3) is 5.55. The van der Waals surface area contributed by atoms with Crippen LogP contribution in [-0.4, -0.2) is 15.7 Å². The molecular formula is C28H28FN3O. The molecule has 1 N–H and O–H groups in total. The Kier molecular flexibility index (Phi) is 6.68. The van der Waals surface area contributed by atoms with Crippen LogP contribution in [0.2, 0.25) is 0 Å². The van der Waals surface area contributed by atoms with Crippen molar-refractivity contribution >= 4 is 5.91 Å². The van der Waals surface area contributed by atoms with Crippen molar-refractivity contribution in [2.45, 2.75) is 40.2 Å². The largest absolute Gasteiger partial charge is 0.352 e. The molecule has 1 amide bonds. The first-order chi connectivity index (χ1) is 15.9. The Morgan fingerprint density at radius 1 is 0.939 bits per heavy atom. The predicted octanol–water partition coefficient (Wildman–Crippen LogP) is 5.85. The molecule has 0 fully saturated rings. The molecule has 0 aliphatic heterocycles. The van der Waals surface area contributed by atoms with Gasteiger partial charge in [0.15, 0.2) is 0 Å². The molecule has 0 aliphatic carbocycles. The van der Waals surface area contributed by atoms with Gasteiger partial charge in [0.1, 0.15) is 5.82 Å². The van der Waals surface area contributed by atoms with Gasteiger partial charge in [-0.05, 0) is 62.2 Å². The first-order valence-corrected chi connectivity index (χ1v) is 11.1. The fourth-order valence-electron chi connectivity index (χ4n) is 3.80. The minimum absolute atomic E-state index is 0.0203. The quantitative estimate of drug-likeness (QED) is 0.391. The molecule has 0 unspecified atom stereocenters. The van der Waals surface area contributed by atoms with Crippen molar-refractivity contribution in [1.29, 1.82) is 0 Å². The lowest BCUT2D eigenvalue weighted by molar-refractivity contribution is -0.121. The number of aromatic nitrogens is 2. The van der Waals surface area contributed by atoms with Crippen LogP contribution in [0.5, 0.6) is 0 Å². The van der Waals surface area contributed by atoms with E-state index >= 15 is 0 Å². The number of nitrogens with one attached hydrogen (secondary N) is 1. The van der Waals surface area contributed by atoms with Crippen molar-refractivity contribution in [2.24, 2.45) is 0 Å². The van der Waals surface area contributed by atoms with Crippen molar-refractivity contribution in [3.63, 3.8) is 0 Å². The molecule has 0 spiro atoms. The smallest absolute Gasteiger partial charge is 0.220 e. The van der Waals surface area contributed by atoms with Gasteiger partial charge in [0.05, 0.1) is 17.1 Å². The molecule has 4 nitrogen and oxygen atoms in total. The maximum absolute atomic E-state index is 13.9. The average molecular weight is 442 g/mol. The van der Waals surface area contributed by atoms with Gasteiger partial charge in [0.25, 0.3) is 0 Å². The lowest BCUT2D eigenvalue weighted by atomic mass is 10.1. The number of benzene rings is 3. The predicted molar refractivity (Wildman–Crippen MR) is 130 cm³/mol. The Hall–Kier alpha value is -3.73. The molecule has 0 saturated carbocycles. The standard InChI is InChI=1S/C28H28FN3O/c1-19-8-12-26(13-9-19)32-27(22-5-4-6-24(29)16-22)17-25(31-32)11-14-28(33)30-18-23-15-20(2)7-10-21(23)3/h4-10,12-13,15-17H,11,14,18H2,1-3H3,(H,30,33). The molecule has 0 aliphatic rings. The lowest BCUT2D eigenvalue weighted by Crippen LogP contribution is -2.23. The first-order valence-electron chi connectivity index (χ1n) is 11.1. The average Bonchev–Trinajstić information content (AvgIpc) is 3.23. The first kappa shape index (κ1) is 22.5. The number of amides is 1. The SMILES string of the molecule is Cc1ccc(-n2nc(CCC(=O)NCc3cc(C)ccc3C)cc2-c2cccc(F)c2)cc1. The van der Waals surface area contributed by atoms with Crippen molar-refractivity contribution in [2.75, 3.05) is 0 Å². The molecule has 4 aromatic rings. The zero-order chi connectivity index (χ0) is 23.4. The number of hydrogen-bond donors (Lipinski definition) is 1. The summed E-state index contributed by atoms with van der Waals surface area (Å²) in [4.78, 5) is 12.5. The highest BCUT2D eigenvalue weighted by atomic mass is 19.1. The number of carbonyl (C=O) groups is 1. The number of rotatable bonds is 7. The summed E-state index contributed by atoms with van der Waals surface area (Å²) < 4.78 is 15.7. The third-order valence-electron chi connectivity index (χ3n) is 5.75. The number of nitrogens with zero attached hydrogens (tertiary/aromatic N) is 2. The molecule has 0 bridgehead atoms. The second kappa shape index (κ2) is 9.82. The molecule has 5 heteroatoms. The van der Waals surface area contributed by atoms with Crippen LogP contribution in [-0.2, 0) is 17.8 Å². The molecule has 0 radical (unpaired) electrons. The van der Waals surface area contributed by atoms with Crippen LogP contribution in [0.4, 0.5) is 4.39 Å². The number of halogens is 1. The van der Waals surface area contributed by atoms with E-state index in [1.54, 1.807) is 6.07 Å². The van der Waals surface area contributed by atoms with E-state index in [1.165, 1.54) is 17.7 Å². The molecule has 168 valence electrons. The second-order valence-electron chi connectivity index (χ2n) is 8.49. The van der Waals surface area contributed by atoms with Crippen molar-refractivity contribution in [3.8, 4) is 16.9 Å². The molecule has 1 aromatic heterocycles. The Morgan fingerprint density at radius 3 is 2.45 bits per heavy atom. The van der Waals surface area contributed by atoms with E-state index in [9.17, 15) is 9.18 Å². The fraction of sp³-hybridized carbons (Fsp3) is 0.214. The van der Waals surface area contributed by atoms with Gasteiger partial charge in [0.2, 0.25) is 5.91 Å². The highest BCUT2D eigenvalue weighted by Crippen LogP contribution is 2.25. The van der Waals surface area contributed by atoms with Gasteiger partial charge in [-0.1, -0.05) is 53.6 Å². The summed E-state index contributed by atoms with van der Waals surface area (Å²) in [6.45, 7) is 6.64. The summed E-state index contributed by atoms with van der Waals surface area (Å²) >= 11 is 0. The third-order valence-corrected chi connectivity index (χ3v) is 5.75. The summed E-state index contributed by atoms with van der Waals surface area (Å²) in [5.74, 6) is -0.315. The summed E-state index contributed by atoms with van der Waals surface area (Å²) in [6.07, 6.45) is 0.832. The van der Waals surface area contributed by atoms with Crippen LogP contribution >= 0.6 is 0 Å². The van der Waals surface area contributed by atoms with Gasteiger partial charge in [0, 0.05) is 24.9 Å². The molecule has 33 heavy (non-hydrogen) atoms. The summed E-state index contributed by atoms with van der Waals surface area (Å²) in [5, 5.41) is 7.76. The Morgan fingerprint density at radius 2 is 1.70 bits per heavy atom. The van der Waals surface area contributed by atoms with E-state index in [0.717, 1.165) is 39.3 Å². The fourth-order valence-corrected chi connectivity index (χ4v) is 3.80. The van der Waals surface area contributed by atoms with Crippen LogP contribution < -0.4 is 5.32 Å². The summed E-state index contributed by atoms with van der Waals surface area (Å²) in [6, 6.07) is 22.7. The van der Waals surface area contributed by atoms with Crippen LogP contribution in [0.3, 0.4) is 0 Å². The van der Waals surface area contributed by atoms with E-state index in [2.05, 4.69) is 23.5 Å². The van der Waals surface area contributed by atoms with Crippen LogP contribution in [0.1, 0.15) is 34.4 Å². The molecule has 0 atom stereocenters. The van der Waals surface area contributed by atoms with E-state index in [0.29, 0.717) is 19.4 Å². The van der Waals surface area contributed by atoms with E-state index < -0.39 is 0 Å². The molecule has 0 saturated heterocycles. The van der Waals surface area contributed by atoms with E-state index in [-0.39, 0.29) is 11.7 Å². The topological polar surface area (TPSA) is 46.9 Å². The highest BCUT2D eigenvalue weighted by Gasteiger charge is 2.14. The minimum Gasteiger partial charge on any atom is -0.352 e. The van der Waals surface area contributed by atoms with Crippen molar-refractivity contribution in [1.82, 2.24) is 15.1 Å². The summed E-state index contributed by atoms with van der Waals surface area (Å²) in [7, 11) is 0. The highest BCUT2D eigenvalue weighted by molar-refractivity contribution is 5.76. The Bertz CT molecular complexity index is 1270. The van der Waals surface area contributed by atoms with Gasteiger partial charge in [-0.2, -0.15) is 5.10 Å². The second-order valence-corrected chi connectivity index (χ2v) is 8.49. The van der Waals surface area contributed by atoms with Gasteiger partial charge in [-0.15, -0.1) is 0 Å².